The van der Waals surface area contributed by atoms with Gasteiger partial charge in [-0.2, -0.15) is 0 Å². The summed E-state index contributed by atoms with van der Waals surface area (Å²) in [7, 11) is 2.51. The van der Waals surface area contributed by atoms with E-state index in [1.54, 1.807) is 24.3 Å². The largest absolute Gasteiger partial charge is 0.398 e. The molecule has 0 saturated carbocycles. The van der Waals surface area contributed by atoms with Crippen molar-refractivity contribution >= 4 is 31.9 Å². The van der Waals surface area contributed by atoms with Crippen molar-refractivity contribution in [1.29, 1.82) is 5.41 Å². The standard InChI is InChI=1S/C17H18N3OP/c1-10-5-7-11(8-6-10)13(18)9-14(19)16-12(17(20)21)3-2-4-15(16)22/h2-9,19H,18,22H2,1H3,(H2,20,21)/b13-9-,19-14?. The number of hydrogen-bond acceptors (Lipinski definition) is 3. The maximum atomic E-state index is 11.5. The first-order chi connectivity index (χ1) is 10.4. The van der Waals surface area contributed by atoms with Crippen molar-refractivity contribution in [3.8, 4) is 0 Å². The highest BCUT2D eigenvalue weighted by Gasteiger charge is 2.14. The summed E-state index contributed by atoms with van der Waals surface area (Å²) >= 11 is 0. The molecule has 0 bridgehead atoms. The fourth-order valence-corrected chi connectivity index (χ4v) is 2.56. The summed E-state index contributed by atoms with van der Waals surface area (Å²) in [5.74, 6) is -0.564. The molecule has 1 atom stereocenters. The smallest absolute Gasteiger partial charge is 0.249 e. The zero-order valence-electron chi connectivity index (χ0n) is 12.3. The van der Waals surface area contributed by atoms with Crippen LogP contribution in [0.4, 0.5) is 0 Å². The van der Waals surface area contributed by atoms with Crippen molar-refractivity contribution in [1.82, 2.24) is 0 Å². The van der Waals surface area contributed by atoms with Gasteiger partial charge in [-0.05, 0) is 29.9 Å². The van der Waals surface area contributed by atoms with Gasteiger partial charge in [-0.3, -0.25) is 4.79 Å². The Morgan fingerprint density at radius 3 is 2.36 bits per heavy atom. The molecule has 2 rings (SSSR count). The topological polar surface area (TPSA) is 93.0 Å². The monoisotopic (exact) mass is 311 g/mol. The summed E-state index contributed by atoms with van der Waals surface area (Å²) in [6.07, 6.45) is 1.54. The molecule has 0 radical (unpaired) electrons. The number of carbonyl (C=O) groups is 1. The SMILES string of the molecule is Cc1ccc(/C(N)=C/C(=N)c2c(P)cccc2C(N)=O)cc1. The number of hydrogen-bond donors (Lipinski definition) is 3. The maximum Gasteiger partial charge on any atom is 0.249 e. The average Bonchev–Trinajstić information content (AvgIpc) is 2.47. The molecule has 2 aromatic carbocycles. The lowest BCUT2D eigenvalue weighted by Gasteiger charge is -2.10. The van der Waals surface area contributed by atoms with Gasteiger partial charge in [0.15, 0.2) is 0 Å². The van der Waals surface area contributed by atoms with Gasteiger partial charge in [0.2, 0.25) is 5.91 Å². The Kier molecular flexibility index (Phi) is 4.74. The van der Waals surface area contributed by atoms with Gasteiger partial charge in [-0.15, -0.1) is 9.24 Å². The molecule has 1 amide bonds. The van der Waals surface area contributed by atoms with Gasteiger partial charge in [0.25, 0.3) is 0 Å². The van der Waals surface area contributed by atoms with Crippen LogP contribution in [-0.4, -0.2) is 11.6 Å². The number of nitrogens with one attached hydrogen (secondary N) is 1. The Morgan fingerprint density at radius 1 is 1.14 bits per heavy atom. The third-order valence-electron chi connectivity index (χ3n) is 3.32. The van der Waals surface area contributed by atoms with E-state index in [2.05, 4.69) is 9.24 Å². The first-order valence-electron chi connectivity index (χ1n) is 6.71. The lowest BCUT2D eigenvalue weighted by molar-refractivity contribution is 0.1000. The zero-order valence-corrected chi connectivity index (χ0v) is 13.4. The maximum absolute atomic E-state index is 11.5. The molecule has 0 saturated heterocycles. The van der Waals surface area contributed by atoms with Crippen molar-refractivity contribution in [3.63, 3.8) is 0 Å². The lowest BCUT2D eigenvalue weighted by Crippen LogP contribution is -2.21. The van der Waals surface area contributed by atoms with Gasteiger partial charge in [-0.1, -0.05) is 42.0 Å². The zero-order chi connectivity index (χ0) is 16.3. The third kappa shape index (κ3) is 3.41. The molecule has 5 heteroatoms. The molecule has 2 aromatic rings. The van der Waals surface area contributed by atoms with Crippen LogP contribution in [0, 0.1) is 12.3 Å². The van der Waals surface area contributed by atoms with E-state index in [0.717, 1.165) is 16.4 Å². The van der Waals surface area contributed by atoms with E-state index in [1.165, 1.54) is 0 Å². The summed E-state index contributed by atoms with van der Waals surface area (Å²) in [5.41, 5.74) is 14.8. The van der Waals surface area contributed by atoms with Crippen LogP contribution < -0.4 is 16.8 Å². The van der Waals surface area contributed by atoms with Crippen LogP contribution in [0.25, 0.3) is 5.70 Å². The first-order valence-corrected chi connectivity index (χ1v) is 7.29. The molecular formula is C17H18N3OP. The normalized spacial score (nSPS) is 11.3. The van der Waals surface area contributed by atoms with Crippen LogP contribution in [0.3, 0.4) is 0 Å². The highest BCUT2D eigenvalue weighted by Crippen LogP contribution is 2.15. The van der Waals surface area contributed by atoms with E-state index in [9.17, 15) is 4.79 Å². The first kappa shape index (κ1) is 15.9. The van der Waals surface area contributed by atoms with Crippen LogP contribution in [0.1, 0.15) is 27.0 Å². The number of aryl methyl sites for hydroxylation is 1. The number of carbonyl (C=O) groups excluding carboxylic acids is 1. The van der Waals surface area contributed by atoms with Crippen molar-refractivity contribution in [2.75, 3.05) is 0 Å². The molecule has 4 nitrogen and oxygen atoms in total. The minimum absolute atomic E-state index is 0.150. The van der Waals surface area contributed by atoms with Gasteiger partial charge >= 0.3 is 0 Å². The second kappa shape index (κ2) is 6.54. The Labute approximate surface area is 131 Å². The molecule has 0 aliphatic heterocycles. The van der Waals surface area contributed by atoms with Gasteiger partial charge in [0.1, 0.15) is 0 Å². The van der Waals surface area contributed by atoms with Gasteiger partial charge in [-0.25, -0.2) is 0 Å². The number of amides is 1. The highest BCUT2D eigenvalue weighted by atomic mass is 31.0. The average molecular weight is 311 g/mol. The molecule has 0 aliphatic rings. The van der Waals surface area contributed by atoms with E-state index in [4.69, 9.17) is 16.9 Å². The van der Waals surface area contributed by atoms with E-state index in [0.29, 0.717) is 16.8 Å². The summed E-state index contributed by atoms with van der Waals surface area (Å²) in [4.78, 5) is 11.5. The minimum Gasteiger partial charge on any atom is -0.398 e. The van der Waals surface area contributed by atoms with Crippen LogP contribution in [0.2, 0.25) is 0 Å². The third-order valence-corrected chi connectivity index (χ3v) is 3.80. The van der Waals surface area contributed by atoms with Crippen LogP contribution in [0.5, 0.6) is 0 Å². The molecule has 112 valence electrons. The molecular weight excluding hydrogens is 293 g/mol. The van der Waals surface area contributed by atoms with Crippen LogP contribution in [0.15, 0.2) is 48.5 Å². The van der Waals surface area contributed by atoms with E-state index < -0.39 is 5.91 Å². The molecule has 0 fully saturated rings. The summed E-state index contributed by atoms with van der Waals surface area (Å²) in [6, 6.07) is 12.8. The summed E-state index contributed by atoms with van der Waals surface area (Å²) < 4.78 is 0. The second-order valence-corrected chi connectivity index (χ2v) is 5.64. The minimum atomic E-state index is -0.564. The van der Waals surface area contributed by atoms with Crippen LogP contribution in [-0.2, 0) is 0 Å². The number of nitrogens with two attached hydrogens (primary N) is 2. The van der Waals surface area contributed by atoms with Crippen molar-refractivity contribution < 1.29 is 4.79 Å². The molecule has 0 aliphatic carbocycles. The molecule has 0 aromatic heterocycles. The highest BCUT2D eigenvalue weighted by molar-refractivity contribution is 7.27. The van der Waals surface area contributed by atoms with Gasteiger partial charge in [0, 0.05) is 16.8 Å². The van der Waals surface area contributed by atoms with Crippen LogP contribution >= 0.6 is 9.24 Å². The van der Waals surface area contributed by atoms with E-state index in [-0.39, 0.29) is 5.71 Å². The molecule has 22 heavy (non-hydrogen) atoms. The number of benzene rings is 2. The Balaban J connectivity index is 2.42. The number of primary amides is 1. The second-order valence-electron chi connectivity index (χ2n) is 5.01. The van der Waals surface area contributed by atoms with Gasteiger partial charge < -0.3 is 16.9 Å². The molecule has 0 heterocycles. The quantitative estimate of drug-likeness (QED) is 0.595. The van der Waals surface area contributed by atoms with E-state index in [1.807, 2.05) is 31.2 Å². The number of allylic oxidation sites excluding steroid dienone is 1. The van der Waals surface area contributed by atoms with Crippen molar-refractivity contribution in [2.24, 2.45) is 11.5 Å². The van der Waals surface area contributed by atoms with Crippen molar-refractivity contribution in [2.45, 2.75) is 6.92 Å². The Bertz CT molecular complexity index is 764. The van der Waals surface area contributed by atoms with Gasteiger partial charge in [0.05, 0.1) is 5.71 Å². The predicted molar refractivity (Wildman–Crippen MR) is 94.5 cm³/mol. The Morgan fingerprint density at radius 2 is 1.77 bits per heavy atom. The molecule has 0 spiro atoms. The predicted octanol–water partition coefficient (Wildman–Crippen LogP) is 1.96. The molecule has 5 N–H and O–H groups in total. The Hall–Kier alpha value is -2.45. The molecule has 1 unspecified atom stereocenters. The summed E-state index contributed by atoms with van der Waals surface area (Å²) in [5, 5.41) is 8.98. The number of rotatable bonds is 4. The van der Waals surface area contributed by atoms with E-state index >= 15 is 0 Å². The fourth-order valence-electron chi connectivity index (χ4n) is 2.13. The van der Waals surface area contributed by atoms with Crippen molar-refractivity contribution in [3.05, 3.63) is 70.8 Å². The lowest BCUT2D eigenvalue weighted by atomic mass is 10.00. The fraction of sp³-hybridized carbons (Fsp3) is 0.0588. The summed E-state index contributed by atoms with van der Waals surface area (Å²) in [6.45, 7) is 2.00.